The summed E-state index contributed by atoms with van der Waals surface area (Å²) in [6, 6.07) is 10.4. The molecule has 0 saturated heterocycles. The number of aromatic nitrogens is 1. The van der Waals surface area contributed by atoms with Crippen molar-refractivity contribution in [2.24, 2.45) is 29.1 Å². The number of fused-ring (bicyclic) bond motifs is 6. The fourth-order valence-corrected chi connectivity index (χ4v) is 8.32. The number of ketones is 1. The molecule has 1 aromatic heterocycles. The molecule has 0 spiro atoms. The molecule has 1 heterocycles. The van der Waals surface area contributed by atoms with E-state index >= 15 is 0 Å². The van der Waals surface area contributed by atoms with Gasteiger partial charge in [-0.15, -0.1) is 24.9 Å². The maximum absolute atomic E-state index is 11.7. The van der Waals surface area contributed by atoms with Crippen molar-refractivity contribution < 1.29 is 4.79 Å². The Morgan fingerprint density at radius 2 is 1.85 bits per heavy atom. The van der Waals surface area contributed by atoms with Crippen LogP contribution in [0.4, 0.5) is 0 Å². The summed E-state index contributed by atoms with van der Waals surface area (Å²) in [6.07, 6.45) is 15.8. The second kappa shape index (κ2) is 11.2. The van der Waals surface area contributed by atoms with Gasteiger partial charge in [0, 0.05) is 22.9 Å². The highest BCUT2D eigenvalue weighted by molar-refractivity contribution is 7.99. The van der Waals surface area contributed by atoms with E-state index in [1.165, 1.54) is 60.8 Å². The van der Waals surface area contributed by atoms with Crippen LogP contribution in [-0.4, -0.2) is 16.5 Å². The number of carbonyl (C=O) groups excluding carboxylic acids is 1. The van der Waals surface area contributed by atoms with Crippen molar-refractivity contribution in [2.45, 2.75) is 76.5 Å². The predicted molar refractivity (Wildman–Crippen MR) is 146 cm³/mol. The van der Waals surface area contributed by atoms with Crippen LogP contribution >= 0.6 is 11.8 Å². The van der Waals surface area contributed by atoms with Crippen molar-refractivity contribution >= 4 is 28.4 Å². The maximum Gasteiger partial charge on any atom is 0.155 e. The van der Waals surface area contributed by atoms with Gasteiger partial charge < -0.3 is 0 Å². The van der Waals surface area contributed by atoms with Gasteiger partial charge in [-0.25, -0.2) is 0 Å². The lowest BCUT2D eigenvalue weighted by molar-refractivity contribution is -0.116. The van der Waals surface area contributed by atoms with Crippen LogP contribution < -0.4 is 0 Å². The Morgan fingerprint density at radius 3 is 2.68 bits per heavy atom. The minimum atomic E-state index is 0.379. The molecule has 4 aliphatic rings. The summed E-state index contributed by atoms with van der Waals surface area (Å²) in [5.41, 5.74) is 3.02. The highest BCUT2D eigenvalue weighted by atomic mass is 32.2. The first-order valence-corrected chi connectivity index (χ1v) is 14.3. The lowest BCUT2D eigenvalue weighted by atomic mass is 9.50. The van der Waals surface area contributed by atoms with Gasteiger partial charge in [-0.1, -0.05) is 50.5 Å². The lowest BCUT2D eigenvalue weighted by Crippen LogP contribution is -2.46. The van der Waals surface area contributed by atoms with Crippen LogP contribution in [0.15, 0.2) is 66.2 Å². The SMILES string of the molecule is C=C.CC12CCC(=O)C=C1CCC1C3CCCC3CCC12.CCSc1cccc2cccnc12. The van der Waals surface area contributed by atoms with Gasteiger partial charge in [0.25, 0.3) is 0 Å². The number of pyridine rings is 1. The molecule has 5 unspecified atom stereocenters. The molecule has 3 heteroatoms. The van der Waals surface area contributed by atoms with Crippen LogP contribution in [-0.2, 0) is 4.79 Å². The summed E-state index contributed by atoms with van der Waals surface area (Å²) >= 11 is 1.84. The third kappa shape index (κ3) is 4.91. The van der Waals surface area contributed by atoms with Crippen LogP contribution in [0.3, 0.4) is 0 Å². The van der Waals surface area contributed by atoms with Gasteiger partial charge in [0.2, 0.25) is 0 Å². The van der Waals surface area contributed by atoms with Crippen molar-refractivity contribution in [2.75, 3.05) is 5.75 Å². The Bertz CT molecular complexity index is 1020. The summed E-state index contributed by atoms with van der Waals surface area (Å²) in [5, 5.41) is 1.22. The van der Waals surface area contributed by atoms with E-state index in [2.05, 4.69) is 56.3 Å². The fraction of sp³-hybridized carbons (Fsp3) is 0.548. The molecule has 5 atom stereocenters. The summed E-state index contributed by atoms with van der Waals surface area (Å²) in [5.74, 6) is 5.45. The summed E-state index contributed by atoms with van der Waals surface area (Å²) in [4.78, 5) is 17.4. The number of hydrogen-bond donors (Lipinski definition) is 0. The number of rotatable bonds is 2. The zero-order valence-corrected chi connectivity index (χ0v) is 21.9. The molecule has 1 aromatic carbocycles. The molecular weight excluding hydrogens is 434 g/mol. The van der Waals surface area contributed by atoms with Crippen LogP contribution in [0.2, 0.25) is 0 Å². The fourth-order valence-electron chi connectivity index (χ4n) is 7.53. The second-order valence-corrected chi connectivity index (χ2v) is 11.9. The van der Waals surface area contributed by atoms with E-state index in [1.54, 1.807) is 0 Å². The molecule has 0 bridgehead atoms. The topological polar surface area (TPSA) is 30.0 Å². The average molecular weight is 476 g/mol. The number of carbonyl (C=O) groups is 1. The molecule has 0 amide bonds. The van der Waals surface area contributed by atoms with E-state index in [0.29, 0.717) is 11.2 Å². The molecule has 6 rings (SSSR count). The molecule has 2 aromatic rings. The number of thioether (sulfide) groups is 1. The Balaban J connectivity index is 0.000000160. The Hall–Kier alpha value is -1.87. The van der Waals surface area contributed by atoms with Crippen molar-refractivity contribution in [1.29, 1.82) is 0 Å². The Morgan fingerprint density at radius 1 is 1.03 bits per heavy atom. The first-order chi connectivity index (χ1) is 16.6. The Kier molecular flexibility index (Phi) is 8.34. The largest absolute Gasteiger partial charge is 0.295 e. The number of para-hydroxylation sites is 1. The summed E-state index contributed by atoms with van der Waals surface area (Å²) < 4.78 is 0. The Labute approximate surface area is 210 Å². The first kappa shape index (κ1) is 25.2. The van der Waals surface area contributed by atoms with Crippen molar-refractivity contribution in [3.8, 4) is 0 Å². The monoisotopic (exact) mass is 475 g/mol. The second-order valence-electron chi connectivity index (χ2n) is 10.6. The number of hydrogen-bond acceptors (Lipinski definition) is 3. The molecule has 0 radical (unpaired) electrons. The highest BCUT2D eigenvalue weighted by Gasteiger charge is 2.52. The van der Waals surface area contributed by atoms with Crippen LogP contribution in [0.5, 0.6) is 0 Å². The summed E-state index contributed by atoms with van der Waals surface area (Å²) in [6.45, 7) is 10.6. The van der Waals surface area contributed by atoms with Crippen LogP contribution in [0.1, 0.15) is 71.6 Å². The molecular formula is C31H41NOS. The van der Waals surface area contributed by atoms with Gasteiger partial charge in [-0.2, -0.15) is 0 Å². The molecule has 34 heavy (non-hydrogen) atoms. The predicted octanol–water partition coefficient (Wildman–Crippen LogP) is 8.67. The molecule has 0 aliphatic heterocycles. The third-order valence-electron chi connectivity index (χ3n) is 9.05. The van der Waals surface area contributed by atoms with Gasteiger partial charge >= 0.3 is 0 Å². The minimum absolute atomic E-state index is 0.379. The van der Waals surface area contributed by atoms with E-state index in [4.69, 9.17) is 0 Å². The quantitative estimate of drug-likeness (QED) is 0.321. The van der Waals surface area contributed by atoms with E-state index in [0.717, 1.165) is 47.8 Å². The standard InChI is InChI=1S/C18H26O.C11H11NS.C2H4/c1-18-10-9-14(19)11-13(18)6-7-16-15-4-2-3-12(15)5-8-17(16)18;1-2-13-10-7-3-5-9-6-4-8-12-11(9)10;1-2/h11-12,15-17H,2-10H2,1H3;3-8H,2H2,1H3;1-2H2. The lowest BCUT2D eigenvalue weighted by Gasteiger charge is -2.55. The van der Waals surface area contributed by atoms with E-state index in [-0.39, 0.29) is 0 Å². The molecule has 2 nitrogen and oxygen atoms in total. The third-order valence-corrected chi connectivity index (χ3v) is 9.98. The highest BCUT2D eigenvalue weighted by Crippen LogP contribution is 2.61. The zero-order chi connectivity index (χ0) is 24.1. The van der Waals surface area contributed by atoms with Crippen molar-refractivity contribution in [1.82, 2.24) is 4.98 Å². The smallest absolute Gasteiger partial charge is 0.155 e. The molecule has 182 valence electrons. The van der Waals surface area contributed by atoms with Crippen LogP contribution in [0, 0.1) is 29.1 Å². The molecule has 4 aliphatic carbocycles. The number of allylic oxidation sites excluding steroid dienone is 1. The van der Waals surface area contributed by atoms with Gasteiger partial charge in [0.05, 0.1) is 5.52 Å². The minimum Gasteiger partial charge on any atom is -0.295 e. The maximum atomic E-state index is 11.7. The van der Waals surface area contributed by atoms with E-state index in [9.17, 15) is 4.79 Å². The van der Waals surface area contributed by atoms with Gasteiger partial charge in [0.15, 0.2) is 5.78 Å². The number of nitrogens with zero attached hydrogens (tertiary/aromatic N) is 1. The average Bonchev–Trinajstić information content (AvgIpc) is 3.36. The van der Waals surface area contributed by atoms with Gasteiger partial charge in [0.1, 0.15) is 0 Å². The van der Waals surface area contributed by atoms with Crippen molar-refractivity contribution in [3.05, 3.63) is 61.3 Å². The van der Waals surface area contributed by atoms with Gasteiger partial charge in [-0.05, 0) is 91.6 Å². The normalized spacial score (nSPS) is 31.6. The van der Waals surface area contributed by atoms with E-state index in [1.807, 2.05) is 30.1 Å². The molecule has 3 fully saturated rings. The zero-order valence-electron chi connectivity index (χ0n) is 21.1. The first-order valence-electron chi connectivity index (χ1n) is 13.3. The molecule has 3 saturated carbocycles. The number of benzene rings is 1. The van der Waals surface area contributed by atoms with E-state index < -0.39 is 0 Å². The summed E-state index contributed by atoms with van der Waals surface area (Å²) in [7, 11) is 0. The van der Waals surface area contributed by atoms with Crippen LogP contribution in [0.25, 0.3) is 10.9 Å². The van der Waals surface area contributed by atoms with Crippen molar-refractivity contribution in [3.63, 3.8) is 0 Å². The van der Waals surface area contributed by atoms with Gasteiger partial charge in [-0.3, -0.25) is 9.78 Å². The molecule has 0 N–H and O–H groups in total.